The van der Waals surface area contributed by atoms with E-state index in [0.717, 1.165) is 5.56 Å². The largest absolute Gasteiger partial charge is 0.488 e. The molecule has 0 fully saturated rings. The van der Waals surface area contributed by atoms with Gasteiger partial charge in [-0.25, -0.2) is 0 Å². The number of nitrogen functional groups attached to an aromatic ring is 1. The zero-order valence-electron chi connectivity index (χ0n) is 10.7. The first kappa shape index (κ1) is 13.4. The molecule has 0 aliphatic heterocycles. The summed E-state index contributed by atoms with van der Waals surface area (Å²) in [5, 5.41) is 8.72. The molecule has 1 amide bonds. The number of carbonyl (C=O) groups excluding carboxylic acids is 1. The molecule has 0 atom stereocenters. The number of nitriles is 1. The Hall–Kier alpha value is -3.00. The Labute approximate surface area is 116 Å². The zero-order valence-corrected chi connectivity index (χ0v) is 10.7. The number of rotatable bonds is 4. The van der Waals surface area contributed by atoms with Crippen molar-refractivity contribution in [3.05, 3.63) is 59.2 Å². The van der Waals surface area contributed by atoms with Gasteiger partial charge in [-0.1, -0.05) is 12.1 Å². The van der Waals surface area contributed by atoms with Crippen LogP contribution in [0.3, 0.4) is 0 Å². The molecule has 5 heteroatoms. The summed E-state index contributed by atoms with van der Waals surface area (Å²) in [6.45, 7) is 0.274. The molecule has 0 aromatic heterocycles. The number of nitrogens with zero attached hydrogens (tertiary/aromatic N) is 1. The van der Waals surface area contributed by atoms with E-state index in [-0.39, 0.29) is 12.2 Å². The number of primary amides is 1. The molecule has 0 saturated carbocycles. The molecular weight excluding hydrogens is 254 g/mol. The smallest absolute Gasteiger partial charge is 0.252 e. The predicted molar refractivity (Wildman–Crippen MR) is 74.9 cm³/mol. The van der Waals surface area contributed by atoms with Crippen molar-refractivity contribution in [3.63, 3.8) is 0 Å². The van der Waals surface area contributed by atoms with Gasteiger partial charge < -0.3 is 16.2 Å². The standard InChI is InChI=1S/C15H13N3O2/c16-8-10-1-3-11(4-2-10)9-20-14-6-5-12(17)7-13(14)15(18)19/h1-7H,9,17H2,(H2,18,19). The van der Waals surface area contributed by atoms with E-state index in [1.54, 1.807) is 36.4 Å². The molecule has 5 nitrogen and oxygen atoms in total. The van der Waals surface area contributed by atoms with Gasteiger partial charge in [-0.3, -0.25) is 4.79 Å². The minimum Gasteiger partial charge on any atom is -0.488 e. The van der Waals surface area contributed by atoms with Crippen LogP contribution in [0.5, 0.6) is 5.75 Å². The minimum absolute atomic E-state index is 0.249. The van der Waals surface area contributed by atoms with Crippen LogP contribution >= 0.6 is 0 Å². The highest BCUT2D eigenvalue weighted by molar-refractivity contribution is 5.96. The van der Waals surface area contributed by atoms with Crippen molar-refractivity contribution in [1.82, 2.24) is 0 Å². The second kappa shape index (κ2) is 5.76. The molecule has 0 bridgehead atoms. The maximum atomic E-state index is 11.3. The number of benzene rings is 2. The summed E-state index contributed by atoms with van der Waals surface area (Å²) in [6.07, 6.45) is 0. The van der Waals surface area contributed by atoms with Gasteiger partial charge >= 0.3 is 0 Å². The number of hydrogen-bond acceptors (Lipinski definition) is 4. The van der Waals surface area contributed by atoms with Crippen molar-refractivity contribution in [1.29, 1.82) is 5.26 Å². The average Bonchev–Trinajstić information content (AvgIpc) is 2.46. The molecule has 0 aliphatic rings. The maximum absolute atomic E-state index is 11.3. The van der Waals surface area contributed by atoms with Crippen LogP contribution in [-0.4, -0.2) is 5.91 Å². The van der Waals surface area contributed by atoms with E-state index >= 15 is 0 Å². The van der Waals surface area contributed by atoms with Crippen LogP contribution in [0.25, 0.3) is 0 Å². The SMILES string of the molecule is N#Cc1ccc(COc2ccc(N)cc2C(N)=O)cc1. The van der Waals surface area contributed by atoms with Gasteiger partial charge in [0.05, 0.1) is 17.2 Å². The lowest BCUT2D eigenvalue weighted by molar-refractivity contribution is 0.0996. The third kappa shape index (κ3) is 3.06. The fourth-order valence-corrected chi connectivity index (χ4v) is 1.70. The number of anilines is 1. The van der Waals surface area contributed by atoms with Crippen LogP contribution in [0.2, 0.25) is 0 Å². The molecule has 100 valence electrons. The molecule has 4 N–H and O–H groups in total. The van der Waals surface area contributed by atoms with Gasteiger partial charge in [0.1, 0.15) is 12.4 Å². The highest BCUT2D eigenvalue weighted by Gasteiger charge is 2.10. The van der Waals surface area contributed by atoms with Gasteiger partial charge in [-0.05, 0) is 35.9 Å². The van der Waals surface area contributed by atoms with Crippen molar-refractivity contribution in [3.8, 4) is 11.8 Å². The van der Waals surface area contributed by atoms with E-state index in [1.165, 1.54) is 6.07 Å². The van der Waals surface area contributed by atoms with Gasteiger partial charge in [0.2, 0.25) is 0 Å². The molecule has 0 radical (unpaired) electrons. The van der Waals surface area contributed by atoms with Crippen LogP contribution in [0.1, 0.15) is 21.5 Å². The van der Waals surface area contributed by atoms with Gasteiger partial charge in [-0.15, -0.1) is 0 Å². The molecule has 0 heterocycles. The van der Waals surface area contributed by atoms with Crippen LogP contribution in [-0.2, 0) is 6.61 Å². The number of carbonyl (C=O) groups is 1. The molecule has 2 aromatic carbocycles. The van der Waals surface area contributed by atoms with Crippen molar-refractivity contribution in [2.24, 2.45) is 5.73 Å². The fraction of sp³-hybridized carbons (Fsp3) is 0.0667. The quantitative estimate of drug-likeness (QED) is 0.825. The average molecular weight is 267 g/mol. The van der Waals surface area contributed by atoms with Crippen LogP contribution in [0, 0.1) is 11.3 Å². The van der Waals surface area contributed by atoms with Crippen molar-refractivity contribution in [2.75, 3.05) is 5.73 Å². The molecule has 0 spiro atoms. The Kier molecular flexibility index (Phi) is 3.87. The molecule has 20 heavy (non-hydrogen) atoms. The maximum Gasteiger partial charge on any atom is 0.252 e. The third-order valence-electron chi connectivity index (χ3n) is 2.75. The number of amides is 1. The first-order valence-corrected chi connectivity index (χ1v) is 5.91. The summed E-state index contributed by atoms with van der Waals surface area (Å²) >= 11 is 0. The van der Waals surface area contributed by atoms with E-state index in [2.05, 4.69) is 0 Å². The Morgan fingerprint density at radius 2 is 1.90 bits per heavy atom. The molecule has 0 aliphatic carbocycles. The highest BCUT2D eigenvalue weighted by atomic mass is 16.5. The first-order chi connectivity index (χ1) is 9.60. The van der Waals surface area contributed by atoms with Crippen LogP contribution in [0.15, 0.2) is 42.5 Å². The Morgan fingerprint density at radius 3 is 2.50 bits per heavy atom. The first-order valence-electron chi connectivity index (χ1n) is 5.91. The second-order valence-corrected chi connectivity index (χ2v) is 4.22. The fourth-order valence-electron chi connectivity index (χ4n) is 1.70. The minimum atomic E-state index is -0.591. The lowest BCUT2D eigenvalue weighted by Crippen LogP contribution is -2.13. The monoisotopic (exact) mass is 267 g/mol. The molecule has 0 saturated heterocycles. The summed E-state index contributed by atoms with van der Waals surface area (Å²) in [6, 6.07) is 13.8. The number of hydrogen-bond donors (Lipinski definition) is 2. The van der Waals surface area contributed by atoms with Gasteiger partial charge in [0.15, 0.2) is 0 Å². The predicted octanol–water partition coefficient (Wildman–Crippen LogP) is 1.82. The van der Waals surface area contributed by atoms with E-state index in [1.807, 2.05) is 6.07 Å². The van der Waals surface area contributed by atoms with E-state index in [0.29, 0.717) is 17.0 Å². The number of ether oxygens (including phenoxy) is 1. The summed E-state index contributed by atoms with van der Waals surface area (Å²) in [7, 11) is 0. The van der Waals surface area contributed by atoms with Crippen molar-refractivity contribution < 1.29 is 9.53 Å². The van der Waals surface area contributed by atoms with Gasteiger partial charge in [0.25, 0.3) is 5.91 Å². The Balaban J connectivity index is 2.14. The van der Waals surface area contributed by atoms with Crippen LogP contribution in [0.4, 0.5) is 5.69 Å². The number of nitrogens with two attached hydrogens (primary N) is 2. The van der Waals surface area contributed by atoms with Crippen molar-refractivity contribution >= 4 is 11.6 Å². The molecule has 0 unspecified atom stereocenters. The Bertz CT molecular complexity index is 673. The van der Waals surface area contributed by atoms with E-state index < -0.39 is 5.91 Å². The summed E-state index contributed by atoms with van der Waals surface area (Å²) in [5.74, 6) is -0.205. The third-order valence-corrected chi connectivity index (χ3v) is 2.75. The van der Waals surface area contributed by atoms with E-state index in [4.69, 9.17) is 21.5 Å². The summed E-state index contributed by atoms with van der Waals surface area (Å²) in [5.41, 5.74) is 13.1. The van der Waals surface area contributed by atoms with Gasteiger partial charge in [0, 0.05) is 5.69 Å². The van der Waals surface area contributed by atoms with Crippen LogP contribution < -0.4 is 16.2 Å². The van der Waals surface area contributed by atoms with E-state index in [9.17, 15) is 4.79 Å². The molecule has 2 rings (SSSR count). The molecular formula is C15H13N3O2. The second-order valence-electron chi connectivity index (χ2n) is 4.22. The van der Waals surface area contributed by atoms with Gasteiger partial charge in [-0.2, -0.15) is 5.26 Å². The normalized spacial score (nSPS) is 9.75. The van der Waals surface area contributed by atoms with Crippen molar-refractivity contribution in [2.45, 2.75) is 6.61 Å². The lowest BCUT2D eigenvalue weighted by atomic mass is 10.1. The lowest BCUT2D eigenvalue weighted by Gasteiger charge is -2.10. The topological polar surface area (TPSA) is 102 Å². The highest BCUT2D eigenvalue weighted by Crippen LogP contribution is 2.22. The summed E-state index contributed by atoms with van der Waals surface area (Å²) in [4.78, 5) is 11.3. The zero-order chi connectivity index (χ0) is 14.5. The summed E-state index contributed by atoms with van der Waals surface area (Å²) < 4.78 is 5.57. The molecule has 2 aromatic rings. The Morgan fingerprint density at radius 1 is 1.20 bits per heavy atom.